The van der Waals surface area contributed by atoms with Gasteiger partial charge in [0.05, 0.1) is 21.9 Å². The zero-order chi connectivity index (χ0) is 25.0. The first-order valence-electron chi connectivity index (χ1n) is 11.4. The molecule has 182 valence electrons. The first-order valence-corrected chi connectivity index (χ1v) is 12.9. The van der Waals surface area contributed by atoms with Crippen LogP contribution in [-0.4, -0.2) is 49.1 Å². The second kappa shape index (κ2) is 10.8. The molecule has 1 aliphatic carbocycles. The summed E-state index contributed by atoms with van der Waals surface area (Å²) < 4.78 is 31.4. The van der Waals surface area contributed by atoms with E-state index in [0.29, 0.717) is 17.0 Å². The highest BCUT2D eigenvalue weighted by atomic mass is 32.2. The van der Waals surface area contributed by atoms with Crippen molar-refractivity contribution < 1.29 is 17.8 Å². The molecule has 7 nitrogen and oxygen atoms in total. The Bertz CT molecular complexity index is 1060. The van der Waals surface area contributed by atoms with Crippen LogP contribution in [-0.2, 0) is 14.9 Å². The Morgan fingerprint density at radius 2 is 1.58 bits per heavy atom. The largest absolute Gasteiger partial charge is 0.304 e. The smallest absolute Gasteiger partial charge is 0.294 e. The third kappa shape index (κ3) is 6.85. The summed E-state index contributed by atoms with van der Waals surface area (Å²) in [5.41, 5.74) is 4.02. The fourth-order valence-electron chi connectivity index (χ4n) is 4.37. The molecule has 1 aromatic rings. The second-order valence-electron chi connectivity index (χ2n) is 9.30. The van der Waals surface area contributed by atoms with Gasteiger partial charge in [0, 0.05) is 0 Å². The van der Waals surface area contributed by atoms with Crippen LogP contribution in [0, 0.1) is 5.41 Å². The predicted molar refractivity (Wildman–Crippen MR) is 134 cm³/mol. The van der Waals surface area contributed by atoms with Gasteiger partial charge < -0.3 is 4.90 Å². The van der Waals surface area contributed by atoms with E-state index < -0.39 is 10.1 Å². The normalized spacial score (nSPS) is 20.4. The summed E-state index contributed by atoms with van der Waals surface area (Å²) in [5, 5.41) is 5.64. The molecule has 0 bridgehead atoms. The van der Waals surface area contributed by atoms with Gasteiger partial charge in [0.1, 0.15) is 0 Å². The summed E-state index contributed by atoms with van der Waals surface area (Å²) in [6.45, 7) is 18.4. The van der Waals surface area contributed by atoms with Gasteiger partial charge in [-0.1, -0.05) is 46.3 Å². The minimum Gasteiger partial charge on any atom is -0.304 e. The summed E-state index contributed by atoms with van der Waals surface area (Å²) >= 11 is 0. The maximum Gasteiger partial charge on any atom is 0.294 e. The first-order chi connectivity index (χ1) is 15.3. The fourth-order valence-corrected chi connectivity index (χ4v) is 4.85. The molecule has 0 radical (unpaired) electrons. The fraction of sp³-hybridized carbons (Fsp3) is 0.520. The van der Waals surface area contributed by atoms with Gasteiger partial charge in [-0.3, -0.25) is 9.35 Å². The number of hydrogen-bond donors (Lipinski definition) is 1. The van der Waals surface area contributed by atoms with Gasteiger partial charge >= 0.3 is 0 Å². The number of hydrogen-bond acceptors (Lipinski definition) is 5. The number of carbonyl (C=O) groups is 1. The lowest BCUT2D eigenvalue weighted by atomic mass is 9.74. The number of hydrazone groups is 1. The van der Waals surface area contributed by atoms with Crippen molar-refractivity contribution in [2.45, 2.75) is 66.2 Å². The molecule has 1 amide bonds. The number of rotatable bonds is 5. The molecular formula is C25H37N3O4S. The molecule has 0 saturated carbocycles. The number of benzene rings is 1. The van der Waals surface area contributed by atoms with E-state index in [4.69, 9.17) is 4.55 Å². The standard InChI is InChI=1S/C19H22N2O4S.C6H15N/c1-12-9-14(11-19(3,4)10-12)17-13(2)20-21(18(17)22)15-5-7-16(8-6-15)26(23,24)25;1-4-7(5-2)6-3/h5-9H,10-11H2,1-4H3,(H,23,24,25);4-6H2,1-3H3/b17-14-;. The van der Waals surface area contributed by atoms with Crippen LogP contribution in [0.1, 0.15) is 61.3 Å². The van der Waals surface area contributed by atoms with Crippen molar-refractivity contribution in [3.63, 3.8) is 0 Å². The minimum atomic E-state index is -4.27. The van der Waals surface area contributed by atoms with E-state index in [9.17, 15) is 13.2 Å². The predicted octanol–water partition coefficient (Wildman–Crippen LogP) is 5.07. The van der Waals surface area contributed by atoms with Crippen molar-refractivity contribution in [1.29, 1.82) is 0 Å². The quantitative estimate of drug-likeness (QED) is 0.474. The Morgan fingerprint density at radius 1 is 1.03 bits per heavy atom. The lowest BCUT2D eigenvalue weighted by Crippen LogP contribution is -2.24. The molecule has 0 atom stereocenters. The van der Waals surface area contributed by atoms with E-state index in [1.165, 1.54) is 54.5 Å². The van der Waals surface area contributed by atoms with E-state index in [-0.39, 0.29) is 16.2 Å². The highest BCUT2D eigenvalue weighted by Gasteiger charge is 2.34. The number of nitrogens with zero attached hydrogens (tertiary/aromatic N) is 3. The molecule has 1 N–H and O–H groups in total. The molecule has 2 aliphatic rings. The van der Waals surface area contributed by atoms with E-state index in [0.717, 1.165) is 18.4 Å². The van der Waals surface area contributed by atoms with Crippen LogP contribution in [0.4, 0.5) is 5.69 Å². The van der Waals surface area contributed by atoms with Crippen molar-refractivity contribution in [2.75, 3.05) is 24.6 Å². The van der Waals surface area contributed by atoms with Crippen LogP contribution in [0.15, 0.2) is 57.1 Å². The molecule has 0 saturated heterocycles. The van der Waals surface area contributed by atoms with Crippen molar-refractivity contribution >= 4 is 27.4 Å². The van der Waals surface area contributed by atoms with Crippen molar-refractivity contribution in [2.24, 2.45) is 10.5 Å². The summed E-state index contributed by atoms with van der Waals surface area (Å²) in [7, 11) is -4.27. The van der Waals surface area contributed by atoms with Gasteiger partial charge in [-0.05, 0) is 81.6 Å². The topological polar surface area (TPSA) is 90.3 Å². The highest BCUT2D eigenvalue weighted by Crippen LogP contribution is 2.40. The van der Waals surface area contributed by atoms with Gasteiger partial charge in [0.15, 0.2) is 0 Å². The Morgan fingerprint density at radius 3 is 2.00 bits per heavy atom. The van der Waals surface area contributed by atoms with Crippen molar-refractivity contribution in [3.8, 4) is 0 Å². The van der Waals surface area contributed by atoms with Crippen LogP contribution >= 0.6 is 0 Å². The summed E-state index contributed by atoms with van der Waals surface area (Å²) in [6, 6.07) is 5.41. The molecule has 1 heterocycles. The van der Waals surface area contributed by atoms with E-state index in [1.807, 2.05) is 0 Å². The van der Waals surface area contributed by atoms with Gasteiger partial charge in [-0.15, -0.1) is 0 Å². The molecule has 3 rings (SSSR count). The minimum absolute atomic E-state index is 0.0896. The number of amides is 1. The molecule has 0 aromatic heterocycles. The zero-order valence-electron chi connectivity index (χ0n) is 20.8. The number of carbonyl (C=O) groups excluding carboxylic acids is 1. The van der Waals surface area contributed by atoms with E-state index in [1.54, 1.807) is 6.92 Å². The Kier molecular flexibility index (Phi) is 8.79. The van der Waals surface area contributed by atoms with Gasteiger partial charge in [0.2, 0.25) is 0 Å². The van der Waals surface area contributed by atoms with E-state index in [2.05, 4.69) is 57.6 Å². The Balaban J connectivity index is 0.000000479. The van der Waals surface area contributed by atoms with Crippen LogP contribution in [0.25, 0.3) is 0 Å². The Hall–Kier alpha value is -2.29. The summed E-state index contributed by atoms with van der Waals surface area (Å²) in [5.74, 6) is -0.223. The average Bonchev–Trinajstić information content (AvgIpc) is 3.02. The SMILES string of the molecule is CC1=C/C(=C2/C(=O)N(c3ccc(S(=O)(=O)O)cc3)N=C2C)CC(C)(C)C1.CCN(CC)CC. The van der Waals surface area contributed by atoms with Crippen molar-refractivity contribution in [3.05, 3.63) is 47.1 Å². The zero-order valence-corrected chi connectivity index (χ0v) is 21.7. The Labute approximate surface area is 198 Å². The third-order valence-corrected chi connectivity index (χ3v) is 6.77. The molecule has 33 heavy (non-hydrogen) atoms. The van der Waals surface area contributed by atoms with Crippen LogP contribution in [0.5, 0.6) is 0 Å². The van der Waals surface area contributed by atoms with E-state index >= 15 is 0 Å². The molecule has 8 heteroatoms. The number of allylic oxidation sites excluding steroid dienone is 3. The van der Waals surface area contributed by atoms with Gasteiger partial charge in [0.25, 0.3) is 16.0 Å². The maximum atomic E-state index is 13.0. The van der Waals surface area contributed by atoms with Gasteiger partial charge in [-0.25, -0.2) is 0 Å². The number of anilines is 1. The van der Waals surface area contributed by atoms with Crippen LogP contribution in [0.3, 0.4) is 0 Å². The lowest BCUT2D eigenvalue weighted by Gasteiger charge is -2.31. The lowest BCUT2D eigenvalue weighted by molar-refractivity contribution is -0.114. The van der Waals surface area contributed by atoms with Crippen molar-refractivity contribution in [1.82, 2.24) is 4.90 Å². The van der Waals surface area contributed by atoms with Gasteiger partial charge in [-0.2, -0.15) is 18.5 Å². The molecule has 0 unspecified atom stereocenters. The van der Waals surface area contributed by atoms with Crippen LogP contribution in [0.2, 0.25) is 0 Å². The molecule has 1 aromatic carbocycles. The molecule has 0 spiro atoms. The molecule has 1 aliphatic heterocycles. The average molecular weight is 476 g/mol. The third-order valence-electron chi connectivity index (χ3n) is 5.91. The molecule has 0 fully saturated rings. The monoisotopic (exact) mass is 475 g/mol. The molecular weight excluding hydrogens is 438 g/mol. The highest BCUT2D eigenvalue weighted by molar-refractivity contribution is 7.85. The van der Waals surface area contributed by atoms with Crippen LogP contribution < -0.4 is 5.01 Å². The maximum absolute atomic E-state index is 13.0. The second-order valence-corrected chi connectivity index (χ2v) is 10.7. The first kappa shape index (κ1) is 27.0. The summed E-state index contributed by atoms with van der Waals surface area (Å²) in [4.78, 5) is 15.1. The summed E-state index contributed by atoms with van der Waals surface area (Å²) in [6.07, 6.45) is 3.87.